The van der Waals surface area contributed by atoms with Crippen molar-refractivity contribution in [2.45, 2.75) is 45.6 Å². The Kier molecular flexibility index (Phi) is 3.93. The molecular weight excluding hydrogens is 220 g/mol. The van der Waals surface area contributed by atoms with Crippen LogP contribution in [0.25, 0.3) is 0 Å². The maximum absolute atomic E-state index is 11.8. The third-order valence-electron chi connectivity index (χ3n) is 3.09. The van der Waals surface area contributed by atoms with E-state index in [-0.39, 0.29) is 11.8 Å². The Morgan fingerprint density at radius 3 is 2.88 bits per heavy atom. The number of thiazole rings is 1. The number of hydrogen-bond donors (Lipinski definition) is 1. The number of amides is 1. The highest BCUT2D eigenvalue weighted by Crippen LogP contribution is 2.23. The number of hydrogen-bond acceptors (Lipinski definition) is 3. The van der Waals surface area contributed by atoms with Crippen molar-refractivity contribution in [2.24, 2.45) is 5.92 Å². The third-order valence-corrected chi connectivity index (χ3v) is 3.91. The molecule has 1 aliphatic carbocycles. The van der Waals surface area contributed by atoms with Gasteiger partial charge in [-0.3, -0.25) is 4.79 Å². The van der Waals surface area contributed by atoms with Gasteiger partial charge in [-0.2, -0.15) is 0 Å². The summed E-state index contributed by atoms with van der Waals surface area (Å²) in [5, 5.41) is 6.05. The number of carbonyl (C=O) groups excluding carboxylic acids is 1. The Bertz CT molecular complexity index is 356. The number of carbonyl (C=O) groups is 1. The molecule has 1 aromatic heterocycles. The van der Waals surface area contributed by atoms with Gasteiger partial charge in [0.25, 0.3) is 0 Å². The lowest BCUT2D eigenvalue weighted by Crippen LogP contribution is -2.31. The van der Waals surface area contributed by atoms with E-state index in [9.17, 15) is 4.79 Å². The number of aryl methyl sites for hydroxylation is 1. The molecule has 0 atom stereocenters. The van der Waals surface area contributed by atoms with Crippen molar-refractivity contribution in [1.82, 2.24) is 10.3 Å². The van der Waals surface area contributed by atoms with Crippen molar-refractivity contribution in [3.63, 3.8) is 0 Å². The summed E-state index contributed by atoms with van der Waals surface area (Å²) in [5.74, 6) is 0.457. The van der Waals surface area contributed by atoms with E-state index in [0.29, 0.717) is 6.54 Å². The monoisotopic (exact) mass is 238 g/mol. The topological polar surface area (TPSA) is 42.0 Å². The summed E-state index contributed by atoms with van der Waals surface area (Å²) in [6.07, 6.45) is 5.81. The molecule has 0 spiro atoms. The van der Waals surface area contributed by atoms with Gasteiger partial charge in [0.1, 0.15) is 0 Å². The zero-order valence-corrected chi connectivity index (χ0v) is 10.5. The van der Waals surface area contributed by atoms with Gasteiger partial charge in [0.2, 0.25) is 5.91 Å². The molecule has 0 saturated heterocycles. The molecule has 0 aliphatic heterocycles. The number of rotatable bonds is 3. The molecule has 1 heterocycles. The molecule has 0 radical (unpaired) electrons. The van der Waals surface area contributed by atoms with Gasteiger partial charge in [-0.25, -0.2) is 4.98 Å². The van der Waals surface area contributed by atoms with Crippen molar-refractivity contribution in [3.05, 3.63) is 16.1 Å². The Labute approximate surface area is 100 Å². The molecule has 1 N–H and O–H groups in total. The lowest BCUT2D eigenvalue weighted by atomic mass is 9.89. The Morgan fingerprint density at radius 2 is 2.25 bits per heavy atom. The van der Waals surface area contributed by atoms with Gasteiger partial charge >= 0.3 is 0 Å². The molecule has 0 bridgehead atoms. The molecule has 88 valence electrons. The fourth-order valence-electron chi connectivity index (χ4n) is 2.18. The molecule has 16 heavy (non-hydrogen) atoms. The summed E-state index contributed by atoms with van der Waals surface area (Å²) in [7, 11) is 0. The first-order chi connectivity index (χ1) is 7.75. The average Bonchev–Trinajstić information content (AvgIpc) is 2.73. The van der Waals surface area contributed by atoms with Crippen molar-refractivity contribution in [2.75, 3.05) is 0 Å². The first-order valence-corrected chi connectivity index (χ1v) is 6.82. The third kappa shape index (κ3) is 3.04. The van der Waals surface area contributed by atoms with E-state index in [2.05, 4.69) is 10.3 Å². The van der Waals surface area contributed by atoms with Crippen LogP contribution in [-0.2, 0) is 11.3 Å². The van der Waals surface area contributed by atoms with Crippen LogP contribution in [0, 0.1) is 12.8 Å². The maximum atomic E-state index is 11.8. The second-order valence-electron chi connectivity index (χ2n) is 4.41. The maximum Gasteiger partial charge on any atom is 0.223 e. The quantitative estimate of drug-likeness (QED) is 0.879. The molecule has 4 heteroatoms. The van der Waals surface area contributed by atoms with Crippen molar-refractivity contribution >= 4 is 17.2 Å². The van der Waals surface area contributed by atoms with E-state index in [0.717, 1.165) is 23.5 Å². The minimum Gasteiger partial charge on any atom is -0.350 e. The van der Waals surface area contributed by atoms with Gasteiger partial charge in [0.05, 0.1) is 17.2 Å². The van der Waals surface area contributed by atoms with Crippen LogP contribution in [0.2, 0.25) is 0 Å². The number of aromatic nitrogens is 1. The van der Waals surface area contributed by atoms with Crippen LogP contribution in [0.1, 0.15) is 42.8 Å². The largest absolute Gasteiger partial charge is 0.350 e. The number of nitrogens with one attached hydrogen (secondary N) is 1. The van der Waals surface area contributed by atoms with E-state index in [1.165, 1.54) is 19.3 Å². The van der Waals surface area contributed by atoms with E-state index < -0.39 is 0 Å². The van der Waals surface area contributed by atoms with Crippen LogP contribution in [-0.4, -0.2) is 10.9 Å². The first-order valence-electron chi connectivity index (χ1n) is 5.94. The zero-order chi connectivity index (χ0) is 11.4. The molecular formula is C12H18N2OS. The zero-order valence-electron chi connectivity index (χ0n) is 9.66. The summed E-state index contributed by atoms with van der Waals surface area (Å²) in [6, 6.07) is 0. The lowest BCUT2D eigenvalue weighted by molar-refractivity contribution is -0.126. The Hall–Kier alpha value is -0.900. The molecule has 1 aromatic rings. The molecule has 3 nitrogen and oxygen atoms in total. The highest BCUT2D eigenvalue weighted by Gasteiger charge is 2.20. The summed E-state index contributed by atoms with van der Waals surface area (Å²) in [4.78, 5) is 16.2. The Balaban J connectivity index is 1.78. The minimum atomic E-state index is 0.213. The van der Waals surface area contributed by atoms with Crippen LogP contribution >= 0.6 is 11.3 Å². The summed E-state index contributed by atoms with van der Waals surface area (Å²) in [6.45, 7) is 2.57. The van der Waals surface area contributed by atoms with Crippen molar-refractivity contribution in [1.29, 1.82) is 0 Å². The van der Waals surface area contributed by atoms with E-state index in [1.54, 1.807) is 11.3 Å². The summed E-state index contributed by atoms with van der Waals surface area (Å²) in [5.41, 5.74) is 0.978. The fraction of sp³-hybridized carbons (Fsp3) is 0.667. The second kappa shape index (κ2) is 5.43. The van der Waals surface area contributed by atoms with Gasteiger partial charge in [0, 0.05) is 11.3 Å². The molecule has 1 amide bonds. The average molecular weight is 238 g/mol. The van der Waals surface area contributed by atoms with Crippen LogP contribution < -0.4 is 5.32 Å². The number of nitrogens with zero attached hydrogens (tertiary/aromatic N) is 1. The molecule has 2 rings (SSSR count). The first kappa shape index (κ1) is 11.6. The SMILES string of the molecule is Cc1nc(CNC(=O)C2CCCCC2)cs1. The minimum absolute atomic E-state index is 0.213. The van der Waals surface area contributed by atoms with Crippen LogP contribution in [0.5, 0.6) is 0 Å². The second-order valence-corrected chi connectivity index (χ2v) is 5.47. The smallest absolute Gasteiger partial charge is 0.223 e. The highest BCUT2D eigenvalue weighted by molar-refractivity contribution is 7.09. The van der Waals surface area contributed by atoms with Crippen LogP contribution in [0.4, 0.5) is 0 Å². The van der Waals surface area contributed by atoms with Gasteiger partial charge in [0.15, 0.2) is 0 Å². The standard InChI is InChI=1S/C12H18N2OS/c1-9-14-11(8-16-9)7-13-12(15)10-5-3-2-4-6-10/h8,10H,2-7H2,1H3,(H,13,15). The molecule has 0 aromatic carbocycles. The lowest BCUT2D eigenvalue weighted by Gasteiger charge is -2.20. The highest BCUT2D eigenvalue weighted by atomic mass is 32.1. The van der Waals surface area contributed by atoms with Gasteiger partial charge in [-0.05, 0) is 19.8 Å². The van der Waals surface area contributed by atoms with Gasteiger partial charge in [-0.1, -0.05) is 19.3 Å². The van der Waals surface area contributed by atoms with Crippen molar-refractivity contribution in [3.8, 4) is 0 Å². The fourth-order valence-corrected chi connectivity index (χ4v) is 2.79. The van der Waals surface area contributed by atoms with E-state index in [4.69, 9.17) is 0 Å². The molecule has 0 unspecified atom stereocenters. The Morgan fingerprint density at radius 1 is 1.50 bits per heavy atom. The molecule has 1 fully saturated rings. The van der Waals surface area contributed by atoms with Crippen molar-refractivity contribution < 1.29 is 4.79 Å². The van der Waals surface area contributed by atoms with E-state index in [1.807, 2.05) is 12.3 Å². The predicted molar refractivity (Wildman–Crippen MR) is 65.3 cm³/mol. The normalized spacial score (nSPS) is 17.3. The van der Waals surface area contributed by atoms with Crippen LogP contribution in [0.15, 0.2) is 5.38 Å². The molecule has 1 saturated carbocycles. The van der Waals surface area contributed by atoms with Crippen LogP contribution in [0.3, 0.4) is 0 Å². The van der Waals surface area contributed by atoms with Gasteiger partial charge in [-0.15, -0.1) is 11.3 Å². The molecule has 1 aliphatic rings. The summed E-state index contributed by atoms with van der Waals surface area (Å²) >= 11 is 1.63. The van der Waals surface area contributed by atoms with E-state index >= 15 is 0 Å². The predicted octanol–water partition coefficient (Wildman–Crippen LogP) is 2.65. The summed E-state index contributed by atoms with van der Waals surface area (Å²) < 4.78 is 0. The van der Waals surface area contributed by atoms with Gasteiger partial charge < -0.3 is 5.32 Å².